The Hall–Kier alpha value is -0.930. The fourth-order valence-corrected chi connectivity index (χ4v) is 3.22. The number of nitrogens with two attached hydrogens (primary N) is 1. The van der Waals surface area contributed by atoms with Crippen LogP contribution in [-0.4, -0.2) is 24.0 Å². The molecule has 0 amide bonds. The number of halogens is 1. The molecule has 1 aromatic rings. The van der Waals surface area contributed by atoms with Crippen molar-refractivity contribution in [1.82, 2.24) is 4.90 Å². The lowest BCUT2D eigenvalue weighted by molar-refractivity contribution is 0.120. The second-order valence-electron chi connectivity index (χ2n) is 5.98. The highest BCUT2D eigenvalue weighted by molar-refractivity contribution is 5.28. The van der Waals surface area contributed by atoms with Gasteiger partial charge in [-0.1, -0.05) is 45.4 Å². The van der Waals surface area contributed by atoms with Crippen molar-refractivity contribution in [2.75, 3.05) is 13.1 Å². The Morgan fingerprint density at radius 1 is 1.10 bits per heavy atom. The van der Waals surface area contributed by atoms with Crippen molar-refractivity contribution in [3.05, 3.63) is 35.6 Å². The van der Waals surface area contributed by atoms with Gasteiger partial charge in [0.25, 0.3) is 0 Å². The maximum atomic E-state index is 14.3. The largest absolute Gasteiger partial charge is 0.320 e. The monoisotopic (exact) mass is 294 g/mol. The van der Waals surface area contributed by atoms with Gasteiger partial charge in [-0.05, 0) is 45.3 Å². The Labute approximate surface area is 129 Å². The number of rotatable bonds is 9. The second-order valence-corrected chi connectivity index (χ2v) is 5.98. The maximum Gasteiger partial charge on any atom is 0.128 e. The minimum Gasteiger partial charge on any atom is -0.320 e. The average Bonchev–Trinajstić information content (AvgIpc) is 2.47. The molecule has 0 fully saturated rings. The van der Waals surface area contributed by atoms with E-state index in [1.807, 2.05) is 12.1 Å². The standard InChI is InChI=1S/C18H31FN2/c1-5-12-18(20,16-10-8-9-11-17(16)19)15(4)21(13-6-2)14-7-3/h8-11,15H,5-7,12-14,20H2,1-4H3. The molecule has 0 bridgehead atoms. The molecule has 0 aromatic heterocycles. The van der Waals surface area contributed by atoms with Crippen molar-refractivity contribution in [2.24, 2.45) is 5.73 Å². The van der Waals surface area contributed by atoms with Crippen LogP contribution in [0.1, 0.15) is 58.9 Å². The van der Waals surface area contributed by atoms with E-state index < -0.39 is 5.54 Å². The fourth-order valence-electron chi connectivity index (χ4n) is 3.22. The molecule has 0 heterocycles. The molecule has 0 saturated carbocycles. The number of hydrogen-bond donors (Lipinski definition) is 1. The lowest BCUT2D eigenvalue weighted by Crippen LogP contribution is -2.55. The molecule has 2 nitrogen and oxygen atoms in total. The lowest BCUT2D eigenvalue weighted by atomic mass is 9.79. The summed E-state index contributed by atoms with van der Waals surface area (Å²) in [5.41, 5.74) is 6.77. The van der Waals surface area contributed by atoms with Crippen LogP contribution in [0, 0.1) is 5.82 Å². The van der Waals surface area contributed by atoms with Crippen molar-refractivity contribution >= 4 is 0 Å². The van der Waals surface area contributed by atoms with Crippen LogP contribution in [0.3, 0.4) is 0 Å². The Morgan fingerprint density at radius 3 is 2.14 bits per heavy atom. The molecule has 0 aliphatic rings. The molecule has 120 valence electrons. The third-order valence-electron chi connectivity index (χ3n) is 4.35. The maximum absolute atomic E-state index is 14.3. The molecule has 2 N–H and O–H groups in total. The Kier molecular flexibility index (Phi) is 7.33. The molecule has 0 radical (unpaired) electrons. The molecule has 2 unspecified atom stereocenters. The molecular weight excluding hydrogens is 263 g/mol. The Bertz CT molecular complexity index is 415. The van der Waals surface area contributed by atoms with Crippen LogP contribution in [0.15, 0.2) is 24.3 Å². The first kappa shape index (κ1) is 18.1. The van der Waals surface area contributed by atoms with Gasteiger partial charge in [0.1, 0.15) is 5.82 Å². The van der Waals surface area contributed by atoms with E-state index in [1.165, 1.54) is 6.07 Å². The zero-order valence-corrected chi connectivity index (χ0v) is 14.0. The third kappa shape index (κ3) is 4.27. The zero-order chi connectivity index (χ0) is 15.9. The molecule has 21 heavy (non-hydrogen) atoms. The molecule has 3 heteroatoms. The van der Waals surface area contributed by atoms with Gasteiger partial charge in [-0.15, -0.1) is 0 Å². The average molecular weight is 294 g/mol. The van der Waals surface area contributed by atoms with E-state index in [1.54, 1.807) is 6.07 Å². The number of benzene rings is 1. The van der Waals surface area contributed by atoms with Crippen LogP contribution >= 0.6 is 0 Å². The third-order valence-corrected chi connectivity index (χ3v) is 4.35. The quantitative estimate of drug-likeness (QED) is 0.736. The molecule has 0 aliphatic heterocycles. The van der Waals surface area contributed by atoms with Gasteiger partial charge in [-0.2, -0.15) is 0 Å². The van der Waals surface area contributed by atoms with Gasteiger partial charge in [-0.3, -0.25) is 4.90 Å². The number of nitrogens with zero attached hydrogens (tertiary/aromatic N) is 1. The van der Waals surface area contributed by atoms with Crippen LogP contribution in [0.25, 0.3) is 0 Å². The molecule has 2 atom stereocenters. The topological polar surface area (TPSA) is 29.3 Å². The minimum atomic E-state index is -0.634. The summed E-state index contributed by atoms with van der Waals surface area (Å²) in [5.74, 6) is -0.187. The van der Waals surface area contributed by atoms with Crippen molar-refractivity contribution in [1.29, 1.82) is 0 Å². The summed E-state index contributed by atoms with van der Waals surface area (Å²) in [5, 5.41) is 0. The van der Waals surface area contributed by atoms with Gasteiger partial charge in [0, 0.05) is 11.6 Å². The molecule has 0 spiro atoms. The van der Waals surface area contributed by atoms with E-state index in [9.17, 15) is 4.39 Å². The van der Waals surface area contributed by atoms with Crippen molar-refractivity contribution in [3.8, 4) is 0 Å². The van der Waals surface area contributed by atoms with Crippen LogP contribution in [0.4, 0.5) is 4.39 Å². The van der Waals surface area contributed by atoms with E-state index in [-0.39, 0.29) is 11.9 Å². The van der Waals surface area contributed by atoms with Gasteiger partial charge in [-0.25, -0.2) is 4.39 Å². The summed E-state index contributed by atoms with van der Waals surface area (Å²) < 4.78 is 14.3. The Morgan fingerprint density at radius 2 is 1.67 bits per heavy atom. The summed E-state index contributed by atoms with van der Waals surface area (Å²) >= 11 is 0. The van der Waals surface area contributed by atoms with Crippen LogP contribution in [-0.2, 0) is 5.54 Å². The van der Waals surface area contributed by atoms with Gasteiger partial charge in [0.2, 0.25) is 0 Å². The molecule has 1 aromatic carbocycles. The molecule has 0 saturated heterocycles. The summed E-state index contributed by atoms with van der Waals surface area (Å²) in [4.78, 5) is 2.40. The SMILES string of the molecule is CCCN(CCC)C(C)C(N)(CCC)c1ccccc1F. The van der Waals surface area contributed by atoms with E-state index >= 15 is 0 Å². The van der Waals surface area contributed by atoms with Gasteiger partial charge in [0.05, 0.1) is 5.54 Å². The first-order valence-electron chi connectivity index (χ1n) is 8.29. The summed E-state index contributed by atoms with van der Waals surface area (Å²) in [6.07, 6.45) is 3.91. The predicted molar refractivity (Wildman–Crippen MR) is 88.8 cm³/mol. The lowest BCUT2D eigenvalue weighted by Gasteiger charge is -2.43. The van der Waals surface area contributed by atoms with Crippen LogP contribution in [0.2, 0.25) is 0 Å². The molecule has 0 aliphatic carbocycles. The molecule has 1 rings (SSSR count). The first-order valence-corrected chi connectivity index (χ1v) is 8.29. The highest BCUT2D eigenvalue weighted by Crippen LogP contribution is 2.32. The van der Waals surface area contributed by atoms with E-state index in [4.69, 9.17) is 5.73 Å². The summed E-state index contributed by atoms with van der Waals surface area (Å²) in [6, 6.07) is 7.09. The fraction of sp³-hybridized carbons (Fsp3) is 0.667. The number of hydrogen-bond acceptors (Lipinski definition) is 2. The van der Waals surface area contributed by atoms with Gasteiger partial charge < -0.3 is 5.73 Å². The van der Waals surface area contributed by atoms with Crippen LogP contribution < -0.4 is 5.73 Å². The van der Waals surface area contributed by atoms with Crippen LogP contribution in [0.5, 0.6) is 0 Å². The highest BCUT2D eigenvalue weighted by atomic mass is 19.1. The summed E-state index contributed by atoms with van der Waals surface area (Å²) in [6.45, 7) is 10.6. The smallest absolute Gasteiger partial charge is 0.128 e. The first-order chi connectivity index (χ1) is 10.0. The minimum absolute atomic E-state index is 0.120. The van der Waals surface area contributed by atoms with Crippen molar-refractivity contribution < 1.29 is 4.39 Å². The molecular formula is C18H31FN2. The zero-order valence-electron chi connectivity index (χ0n) is 14.0. The van der Waals surface area contributed by atoms with Crippen molar-refractivity contribution in [2.45, 2.75) is 65.0 Å². The summed E-state index contributed by atoms with van der Waals surface area (Å²) in [7, 11) is 0. The van der Waals surface area contributed by atoms with E-state index in [0.29, 0.717) is 5.56 Å². The van der Waals surface area contributed by atoms with E-state index in [0.717, 1.165) is 38.8 Å². The van der Waals surface area contributed by atoms with Gasteiger partial charge in [0.15, 0.2) is 0 Å². The Balaban J connectivity index is 3.16. The van der Waals surface area contributed by atoms with Gasteiger partial charge >= 0.3 is 0 Å². The van der Waals surface area contributed by atoms with Crippen molar-refractivity contribution in [3.63, 3.8) is 0 Å². The highest BCUT2D eigenvalue weighted by Gasteiger charge is 2.37. The van der Waals surface area contributed by atoms with E-state index in [2.05, 4.69) is 32.6 Å². The predicted octanol–water partition coefficient (Wildman–Crippen LogP) is 4.29. The normalized spacial score (nSPS) is 16.0. The second kappa shape index (κ2) is 8.50.